The molecular weight excluding hydrogens is 226 g/mol. The molecule has 84 valence electrons. The molecule has 0 bridgehead atoms. The van der Waals surface area contributed by atoms with E-state index in [1.165, 1.54) is 5.56 Å². The second-order valence-electron chi connectivity index (χ2n) is 4.01. The third-order valence-electron chi connectivity index (χ3n) is 2.26. The molecule has 0 saturated carbocycles. The van der Waals surface area contributed by atoms with Crippen molar-refractivity contribution in [2.24, 2.45) is 5.92 Å². The van der Waals surface area contributed by atoms with Crippen molar-refractivity contribution in [2.75, 3.05) is 7.05 Å². The molecule has 0 aliphatic carbocycles. The van der Waals surface area contributed by atoms with Gasteiger partial charge in [-0.05, 0) is 28.3 Å². The largest absolute Gasteiger partial charge is 0.340 e. The second-order valence-corrected chi connectivity index (χ2v) is 5.35. The first-order valence-corrected chi connectivity index (χ1v) is 6.42. The lowest BCUT2D eigenvalue weighted by molar-refractivity contribution is -0.130. The Kier molecular flexibility index (Phi) is 4.67. The zero-order valence-corrected chi connectivity index (χ0v) is 11.0. The molecule has 1 amide bonds. The summed E-state index contributed by atoms with van der Waals surface area (Å²) in [5.74, 6) is 0.366. The van der Waals surface area contributed by atoms with Gasteiger partial charge in [0.1, 0.15) is 0 Å². The molecule has 1 unspecified atom stereocenters. The Morgan fingerprint density at radius 1 is 1.60 bits per heavy atom. The predicted molar refractivity (Wildman–Crippen MR) is 68.4 cm³/mol. The summed E-state index contributed by atoms with van der Waals surface area (Å²) in [6, 6.07) is 2.04. The van der Waals surface area contributed by atoms with Crippen molar-refractivity contribution >= 4 is 29.9 Å². The van der Waals surface area contributed by atoms with E-state index in [2.05, 4.69) is 18.0 Å². The van der Waals surface area contributed by atoms with Gasteiger partial charge in [-0.15, -0.1) is 0 Å². The van der Waals surface area contributed by atoms with Crippen LogP contribution in [0.3, 0.4) is 0 Å². The lowest BCUT2D eigenvalue weighted by Gasteiger charge is -2.22. The number of carbonyl (C=O) groups is 1. The van der Waals surface area contributed by atoms with Crippen LogP contribution in [-0.4, -0.2) is 23.1 Å². The molecule has 1 heterocycles. The standard InChI is InChI=1S/C11H17NOS2/c1-8(2)10(14)11(13)12(3)6-9-4-5-15-7-9/h4-5,7-8,10,14H,6H2,1-3H3. The zero-order chi connectivity index (χ0) is 11.4. The van der Waals surface area contributed by atoms with E-state index < -0.39 is 0 Å². The van der Waals surface area contributed by atoms with E-state index in [0.29, 0.717) is 6.54 Å². The molecule has 0 aliphatic heterocycles. The van der Waals surface area contributed by atoms with Gasteiger partial charge in [-0.1, -0.05) is 13.8 Å². The maximum atomic E-state index is 11.9. The molecule has 0 aliphatic rings. The van der Waals surface area contributed by atoms with Crippen molar-refractivity contribution in [2.45, 2.75) is 25.6 Å². The van der Waals surface area contributed by atoms with E-state index in [-0.39, 0.29) is 17.1 Å². The Morgan fingerprint density at radius 2 is 2.27 bits per heavy atom. The van der Waals surface area contributed by atoms with Crippen LogP contribution in [0.25, 0.3) is 0 Å². The van der Waals surface area contributed by atoms with Crippen LogP contribution in [0.5, 0.6) is 0 Å². The first-order valence-electron chi connectivity index (χ1n) is 4.96. The van der Waals surface area contributed by atoms with Crippen LogP contribution in [0.4, 0.5) is 0 Å². The highest BCUT2D eigenvalue weighted by Crippen LogP contribution is 2.14. The number of rotatable bonds is 4. The molecule has 0 N–H and O–H groups in total. The SMILES string of the molecule is CC(C)C(S)C(=O)N(C)Cc1ccsc1. The molecule has 0 aromatic carbocycles. The monoisotopic (exact) mass is 243 g/mol. The molecule has 15 heavy (non-hydrogen) atoms. The van der Waals surface area contributed by atoms with Crippen molar-refractivity contribution in [1.29, 1.82) is 0 Å². The Hall–Kier alpha value is -0.480. The minimum Gasteiger partial charge on any atom is -0.340 e. The second kappa shape index (κ2) is 5.56. The Bertz CT molecular complexity index is 308. The molecule has 0 saturated heterocycles. The van der Waals surface area contributed by atoms with Gasteiger partial charge < -0.3 is 4.90 Å². The predicted octanol–water partition coefficient (Wildman–Crippen LogP) is 2.66. The highest BCUT2D eigenvalue weighted by molar-refractivity contribution is 7.81. The number of nitrogens with zero attached hydrogens (tertiary/aromatic N) is 1. The molecule has 4 heteroatoms. The molecular formula is C11H17NOS2. The number of amides is 1. The summed E-state index contributed by atoms with van der Waals surface area (Å²) in [4.78, 5) is 13.6. The van der Waals surface area contributed by atoms with E-state index in [4.69, 9.17) is 0 Å². The number of thiol groups is 1. The van der Waals surface area contributed by atoms with Crippen molar-refractivity contribution in [3.8, 4) is 0 Å². The normalized spacial score (nSPS) is 12.9. The van der Waals surface area contributed by atoms with Crippen LogP contribution >= 0.6 is 24.0 Å². The summed E-state index contributed by atoms with van der Waals surface area (Å²) >= 11 is 5.97. The third-order valence-corrected chi connectivity index (χ3v) is 3.81. The lowest BCUT2D eigenvalue weighted by atomic mass is 10.1. The Labute approximate surface area is 101 Å². The third kappa shape index (κ3) is 3.54. The summed E-state index contributed by atoms with van der Waals surface area (Å²) in [7, 11) is 1.82. The summed E-state index contributed by atoms with van der Waals surface area (Å²) < 4.78 is 0. The summed E-state index contributed by atoms with van der Waals surface area (Å²) in [6.07, 6.45) is 0. The van der Waals surface area contributed by atoms with Crippen LogP contribution in [0.2, 0.25) is 0 Å². The summed E-state index contributed by atoms with van der Waals surface area (Å²) in [6.45, 7) is 4.69. The lowest BCUT2D eigenvalue weighted by Crippen LogP contribution is -2.35. The van der Waals surface area contributed by atoms with Crippen molar-refractivity contribution in [3.05, 3.63) is 22.4 Å². The number of carbonyl (C=O) groups excluding carboxylic acids is 1. The van der Waals surface area contributed by atoms with Gasteiger partial charge in [0.25, 0.3) is 0 Å². The molecule has 0 fully saturated rings. The van der Waals surface area contributed by atoms with Crippen molar-refractivity contribution < 1.29 is 4.79 Å². The highest BCUT2D eigenvalue weighted by atomic mass is 32.1. The zero-order valence-electron chi connectivity index (χ0n) is 9.30. The van der Waals surface area contributed by atoms with Crippen LogP contribution < -0.4 is 0 Å². The van der Waals surface area contributed by atoms with E-state index in [9.17, 15) is 4.79 Å². The molecule has 0 radical (unpaired) electrons. The van der Waals surface area contributed by atoms with E-state index in [1.807, 2.05) is 32.3 Å². The topological polar surface area (TPSA) is 20.3 Å². The molecule has 0 spiro atoms. The maximum absolute atomic E-state index is 11.9. The Balaban J connectivity index is 2.54. The van der Waals surface area contributed by atoms with Gasteiger partial charge in [-0.3, -0.25) is 4.79 Å². The molecule has 1 aromatic rings. The van der Waals surface area contributed by atoms with Gasteiger partial charge >= 0.3 is 0 Å². The highest BCUT2D eigenvalue weighted by Gasteiger charge is 2.21. The number of hydrogen-bond acceptors (Lipinski definition) is 3. The van der Waals surface area contributed by atoms with Crippen molar-refractivity contribution in [3.63, 3.8) is 0 Å². The van der Waals surface area contributed by atoms with E-state index in [1.54, 1.807) is 16.2 Å². The fourth-order valence-corrected chi connectivity index (χ4v) is 2.10. The Morgan fingerprint density at radius 3 is 2.73 bits per heavy atom. The summed E-state index contributed by atoms with van der Waals surface area (Å²) in [5, 5.41) is 3.88. The van der Waals surface area contributed by atoms with Crippen molar-refractivity contribution in [1.82, 2.24) is 4.90 Å². The van der Waals surface area contributed by atoms with E-state index >= 15 is 0 Å². The molecule has 2 nitrogen and oxygen atoms in total. The van der Waals surface area contributed by atoms with Crippen LogP contribution in [0.15, 0.2) is 16.8 Å². The van der Waals surface area contributed by atoms with Crippen LogP contribution in [0.1, 0.15) is 19.4 Å². The van der Waals surface area contributed by atoms with Gasteiger partial charge in [-0.2, -0.15) is 24.0 Å². The fraction of sp³-hybridized carbons (Fsp3) is 0.545. The van der Waals surface area contributed by atoms with Gasteiger partial charge in [-0.25, -0.2) is 0 Å². The first-order chi connectivity index (χ1) is 7.02. The van der Waals surface area contributed by atoms with E-state index in [0.717, 1.165) is 0 Å². The van der Waals surface area contributed by atoms with Gasteiger partial charge in [0.15, 0.2) is 0 Å². The molecule has 1 aromatic heterocycles. The molecule has 1 atom stereocenters. The van der Waals surface area contributed by atoms with Crippen LogP contribution in [0, 0.1) is 5.92 Å². The fourth-order valence-electron chi connectivity index (χ4n) is 1.25. The molecule has 1 rings (SSSR count). The quantitative estimate of drug-likeness (QED) is 0.806. The average Bonchev–Trinajstić information content (AvgIpc) is 2.67. The minimum atomic E-state index is -0.200. The van der Waals surface area contributed by atoms with Gasteiger partial charge in [0.2, 0.25) is 5.91 Å². The summed E-state index contributed by atoms with van der Waals surface area (Å²) in [5.41, 5.74) is 1.18. The van der Waals surface area contributed by atoms with Gasteiger partial charge in [0, 0.05) is 13.6 Å². The smallest absolute Gasteiger partial charge is 0.235 e. The number of thiophene rings is 1. The minimum absolute atomic E-state index is 0.0968. The van der Waals surface area contributed by atoms with Crippen LogP contribution in [-0.2, 0) is 11.3 Å². The van der Waals surface area contributed by atoms with Gasteiger partial charge in [0.05, 0.1) is 5.25 Å². The number of hydrogen-bond donors (Lipinski definition) is 1. The first kappa shape index (κ1) is 12.6. The maximum Gasteiger partial charge on any atom is 0.235 e. The average molecular weight is 243 g/mol.